The van der Waals surface area contributed by atoms with E-state index in [4.69, 9.17) is 4.74 Å². The fraction of sp³-hybridized carbons (Fsp3) is 0.500. The molecular weight excluding hydrogens is 392 g/mol. The third-order valence-corrected chi connectivity index (χ3v) is 5.38. The van der Waals surface area contributed by atoms with Gasteiger partial charge in [-0.25, -0.2) is 9.59 Å². The predicted octanol–water partition coefficient (Wildman–Crippen LogP) is 3.71. The van der Waals surface area contributed by atoms with E-state index in [2.05, 4.69) is 35.1 Å². The normalized spacial score (nSPS) is 15.6. The summed E-state index contributed by atoms with van der Waals surface area (Å²) in [5.74, 6) is -0.439. The van der Waals surface area contributed by atoms with E-state index in [-0.39, 0.29) is 17.6 Å². The molecule has 2 heterocycles. The number of fused-ring (bicyclic) bond motifs is 3. The number of carbonyl (C=O) groups is 2. The van der Waals surface area contributed by atoms with E-state index in [9.17, 15) is 9.59 Å². The first-order valence-electron chi connectivity index (χ1n) is 10.8. The van der Waals surface area contributed by atoms with Gasteiger partial charge in [0.05, 0.1) is 17.4 Å². The molecule has 0 aliphatic carbocycles. The van der Waals surface area contributed by atoms with Crippen LogP contribution in [0.3, 0.4) is 0 Å². The van der Waals surface area contributed by atoms with Crippen LogP contribution in [0, 0.1) is 0 Å². The zero-order valence-electron chi connectivity index (χ0n) is 19.4. The van der Waals surface area contributed by atoms with Gasteiger partial charge in [0.15, 0.2) is 0 Å². The standard InChI is InChI=1S/C24H34N4O3/c1-16(2)31-22(29)18-14-28(23(30)25-12-9-13-27(5)6)15-24(3,4)20-17-10-7-8-11-19(17)26-21(18)20/h7-8,10-11,14,16,26H,9,12-13,15H2,1-6H3,(H,25,30). The summed E-state index contributed by atoms with van der Waals surface area (Å²) in [6.07, 6.45) is 2.23. The van der Waals surface area contributed by atoms with Gasteiger partial charge in [0.25, 0.3) is 0 Å². The quantitative estimate of drug-likeness (QED) is 0.545. The van der Waals surface area contributed by atoms with Crippen LogP contribution in [0.1, 0.15) is 45.4 Å². The highest BCUT2D eigenvalue weighted by Crippen LogP contribution is 2.40. The molecule has 0 spiro atoms. The van der Waals surface area contributed by atoms with Crippen molar-refractivity contribution in [2.45, 2.75) is 45.6 Å². The minimum absolute atomic E-state index is 0.212. The zero-order valence-corrected chi connectivity index (χ0v) is 19.4. The summed E-state index contributed by atoms with van der Waals surface area (Å²) in [7, 11) is 4.01. The average molecular weight is 427 g/mol. The lowest BCUT2D eigenvalue weighted by atomic mass is 9.82. The van der Waals surface area contributed by atoms with Gasteiger partial charge in [0.2, 0.25) is 0 Å². The lowest BCUT2D eigenvalue weighted by molar-refractivity contribution is -0.140. The molecule has 2 aromatic rings. The van der Waals surface area contributed by atoms with Gasteiger partial charge in [-0.2, -0.15) is 0 Å². The molecule has 0 saturated carbocycles. The van der Waals surface area contributed by atoms with Crippen LogP contribution in [0.25, 0.3) is 16.5 Å². The Bertz CT molecular complexity index is 988. The molecule has 0 bridgehead atoms. The molecule has 168 valence electrons. The number of rotatable bonds is 6. The maximum atomic E-state index is 13.0. The number of aromatic nitrogens is 1. The molecule has 7 heteroatoms. The number of esters is 1. The fourth-order valence-electron chi connectivity index (χ4n) is 4.07. The van der Waals surface area contributed by atoms with Crippen molar-refractivity contribution in [3.05, 3.63) is 41.7 Å². The van der Waals surface area contributed by atoms with Crippen molar-refractivity contribution in [3.8, 4) is 0 Å². The molecule has 1 aliphatic heterocycles. The zero-order chi connectivity index (χ0) is 22.8. The summed E-state index contributed by atoms with van der Waals surface area (Å²) in [4.78, 5) is 33.1. The number of carbonyl (C=O) groups excluding carboxylic acids is 2. The molecule has 0 unspecified atom stereocenters. The molecule has 0 atom stereocenters. The first-order chi connectivity index (χ1) is 14.6. The number of hydrogen-bond acceptors (Lipinski definition) is 4. The van der Waals surface area contributed by atoms with Crippen LogP contribution in [0.4, 0.5) is 4.79 Å². The maximum Gasteiger partial charge on any atom is 0.342 e. The van der Waals surface area contributed by atoms with Crippen molar-refractivity contribution < 1.29 is 14.3 Å². The van der Waals surface area contributed by atoms with Crippen LogP contribution in [0.15, 0.2) is 30.5 Å². The van der Waals surface area contributed by atoms with Crippen LogP contribution < -0.4 is 5.32 Å². The van der Waals surface area contributed by atoms with Gasteiger partial charge in [-0.15, -0.1) is 0 Å². The Morgan fingerprint density at radius 1 is 1.26 bits per heavy atom. The Morgan fingerprint density at radius 2 is 1.97 bits per heavy atom. The summed E-state index contributed by atoms with van der Waals surface area (Å²) in [6, 6.07) is 7.79. The molecule has 0 radical (unpaired) electrons. The van der Waals surface area contributed by atoms with E-state index in [1.807, 2.05) is 46.1 Å². The highest BCUT2D eigenvalue weighted by Gasteiger charge is 2.37. The van der Waals surface area contributed by atoms with Gasteiger partial charge in [0, 0.05) is 35.6 Å². The fourth-order valence-corrected chi connectivity index (χ4v) is 4.07. The second-order valence-electron chi connectivity index (χ2n) is 9.32. The number of urea groups is 1. The Morgan fingerprint density at radius 3 is 2.65 bits per heavy atom. The van der Waals surface area contributed by atoms with E-state index in [1.165, 1.54) is 0 Å². The minimum atomic E-state index is -0.439. The third kappa shape index (κ3) is 5.10. The first-order valence-corrected chi connectivity index (χ1v) is 10.8. The van der Waals surface area contributed by atoms with E-state index in [1.54, 1.807) is 11.1 Å². The average Bonchev–Trinajstić information content (AvgIpc) is 3.02. The SMILES string of the molecule is CC(C)OC(=O)C1=CN(C(=O)NCCCN(C)C)CC(C)(C)c2c1[nH]c1ccccc21. The van der Waals surface area contributed by atoms with Crippen molar-refractivity contribution in [1.29, 1.82) is 0 Å². The number of nitrogens with zero attached hydrogens (tertiary/aromatic N) is 2. The van der Waals surface area contributed by atoms with Crippen LogP contribution in [0.5, 0.6) is 0 Å². The molecule has 31 heavy (non-hydrogen) atoms. The van der Waals surface area contributed by atoms with Gasteiger partial charge in [0.1, 0.15) is 0 Å². The molecule has 2 N–H and O–H groups in total. The molecule has 1 aromatic heterocycles. The maximum absolute atomic E-state index is 13.0. The Hall–Kier alpha value is -2.80. The molecule has 0 saturated heterocycles. The first kappa shape index (κ1) is 22.9. The number of ether oxygens (including phenoxy) is 1. The van der Waals surface area contributed by atoms with E-state index in [0.29, 0.717) is 18.7 Å². The van der Waals surface area contributed by atoms with Gasteiger partial charge < -0.3 is 19.9 Å². The smallest absolute Gasteiger partial charge is 0.342 e. The number of benzene rings is 1. The Labute approximate surface area is 184 Å². The van der Waals surface area contributed by atoms with Crippen molar-refractivity contribution in [2.24, 2.45) is 0 Å². The van der Waals surface area contributed by atoms with Crippen molar-refractivity contribution in [2.75, 3.05) is 33.7 Å². The lowest BCUT2D eigenvalue weighted by Gasteiger charge is -2.29. The lowest BCUT2D eigenvalue weighted by Crippen LogP contribution is -2.43. The largest absolute Gasteiger partial charge is 0.459 e. The third-order valence-electron chi connectivity index (χ3n) is 5.38. The molecule has 1 aliphatic rings. The van der Waals surface area contributed by atoms with E-state index in [0.717, 1.165) is 35.1 Å². The summed E-state index contributed by atoms with van der Waals surface area (Å²) >= 11 is 0. The van der Waals surface area contributed by atoms with E-state index < -0.39 is 5.97 Å². The highest BCUT2D eigenvalue weighted by molar-refractivity contribution is 6.18. The molecule has 2 amide bonds. The van der Waals surface area contributed by atoms with Crippen LogP contribution in [-0.2, 0) is 14.9 Å². The van der Waals surface area contributed by atoms with Crippen molar-refractivity contribution >= 4 is 28.5 Å². The molecular formula is C24H34N4O3. The van der Waals surface area contributed by atoms with Gasteiger partial charge >= 0.3 is 12.0 Å². The summed E-state index contributed by atoms with van der Waals surface area (Å²) in [5, 5.41) is 4.04. The number of para-hydroxylation sites is 1. The van der Waals surface area contributed by atoms with Gasteiger partial charge in [-0.05, 0) is 52.5 Å². The number of H-pyrrole nitrogens is 1. The number of hydrogen-bond donors (Lipinski definition) is 2. The highest BCUT2D eigenvalue weighted by atomic mass is 16.5. The Kier molecular flexibility index (Phi) is 6.74. The minimum Gasteiger partial charge on any atom is -0.459 e. The Balaban J connectivity index is 2.00. The summed E-state index contributed by atoms with van der Waals surface area (Å²) in [6.45, 7) is 9.75. The number of amides is 2. The number of aromatic amines is 1. The van der Waals surface area contributed by atoms with Gasteiger partial charge in [-0.3, -0.25) is 4.90 Å². The number of nitrogens with one attached hydrogen (secondary N) is 2. The summed E-state index contributed by atoms with van der Waals surface area (Å²) in [5.41, 5.74) is 2.70. The van der Waals surface area contributed by atoms with Gasteiger partial charge in [-0.1, -0.05) is 32.0 Å². The second-order valence-corrected chi connectivity index (χ2v) is 9.32. The molecule has 0 fully saturated rings. The van der Waals surface area contributed by atoms with Crippen LogP contribution in [-0.4, -0.2) is 66.6 Å². The second kappa shape index (κ2) is 9.14. The van der Waals surface area contributed by atoms with Crippen LogP contribution >= 0.6 is 0 Å². The predicted molar refractivity (Wildman–Crippen MR) is 124 cm³/mol. The molecule has 1 aromatic carbocycles. The van der Waals surface area contributed by atoms with Crippen LogP contribution in [0.2, 0.25) is 0 Å². The van der Waals surface area contributed by atoms with E-state index >= 15 is 0 Å². The molecule has 7 nitrogen and oxygen atoms in total. The van der Waals surface area contributed by atoms with Crippen molar-refractivity contribution in [1.82, 2.24) is 20.1 Å². The summed E-state index contributed by atoms with van der Waals surface area (Å²) < 4.78 is 5.53. The molecule has 3 rings (SSSR count). The van der Waals surface area contributed by atoms with Crippen molar-refractivity contribution in [3.63, 3.8) is 0 Å². The topological polar surface area (TPSA) is 77.7 Å². The monoisotopic (exact) mass is 426 g/mol.